The van der Waals surface area contributed by atoms with E-state index in [1.807, 2.05) is 13.2 Å². The molecule has 0 aliphatic carbocycles. The number of guanidine groups is 1. The maximum atomic E-state index is 4.55. The Bertz CT molecular complexity index is 746. The summed E-state index contributed by atoms with van der Waals surface area (Å²) in [4.78, 5) is 11.3. The first kappa shape index (κ1) is 19.2. The Balaban J connectivity index is 1.49. The number of aryl methyl sites for hydroxylation is 2. The lowest BCUT2D eigenvalue weighted by Crippen LogP contribution is -2.48. The van der Waals surface area contributed by atoms with Crippen LogP contribution in [0.4, 0.5) is 5.82 Å². The van der Waals surface area contributed by atoms with Crippen LogP contribution in [0.15, 0.2) is 47.6 Å². The summed E-state index contributed by atoms with van der Waals surface area (Å²) >= 11 is 0. The molecule has 1 fully saturated rings. The molecule has 1 saturated heterocycles. The first-order chi connectivity index (χ1) is 13.2. The van der Waals surface area contributed by atoms with Gasteiger partial charge < -0.3 is 15.5 Å². The van der Waals surface area contributed by atoms with E-state index >= 15 is 0 Å². The zero-order valence-corrected chi connectivity index (χ0v) is 16.7. The van der Waals surface area contributed by atoms with Crippen LogP contribution >= 0.6 is 0 Å². The molecular formula is C22H31N5. The number of anilines is 1. The predicted octanol–water partition coefficient (Wildman–Crippen LogP) is 3.29. The highest BCUT2D eigenvalue weighted by Crippen LogP contribution is 2.18. The van der Waals surface area contributed by atoms with Gasteiger partial charge in [-0.2, -0.15) is 0 Å². The Kier molecular flexibility index (Phi) is 6.69. The second kappa shape index (κ2) is 9.40. The summed E-state index contributed by atoms with van der Waals surface area (Å²) in [6, 6.07) is 13.3. The number of aromatic nitrogens is 1. The third-order valence-electron chi connectivity index (χ3n) is 5.22. The SMILES string of the molecule is CCc1ccccc1CNC(=NC)NC1CCN(c2ccc(C)cn2)CC1. The third-order valence-corrected chi connectivity index (χ3v) is 5.22. The summed E-state index contributed by atoms with van der Waals surface area (Å²) in [5.74, 6) is 1.96. The topological polar surface area (TPSA) is 52.6 Å². The zero-order valence-electron chi connectivity index (χ0n) is 16.7. The number of nitrogens with zero attached hydrogens (tertiary/aromatic N) is 3. The van der Waals surface area contributed by atoms with E-state index in [4.69, 9.17) is 0 Å². The fourth-order valence-corrected chi connectivity index (χ4v) is 3.54. The second-order valence-electron chi connectivity index (χ2n) is 7.15. The van der Waals surface area contributed by atoms with Crippen LogP contribution < -0.4 is 15.5 Å². The van der Waals surface area contributed by atoms with Crippen molar-refractivity contribution in [2.45, 2.75) is 45.7 Å². The summed E-state index contributed by atoms with van der Waals surface area (Å²) in [6.45, 7) is 7.11. The quantitative estimate of drug-likeness (QED) is 0.631. The number of nitrogens with one attached hydrogen (secondary N) is 2. The molecule has 0 atom stereocenters. The Hall–Kier alpha value is -2.56. The molecule has 27 heavy (non-hydrogen) atoms. The number of hydrogen-bond acceptors (Lipinski definition) is 3. The van der Waals surface area contributed by atoms with Crippen molar-refractivity contribution in [1.82, 2.24) is 15.6 Å². The van der Waals surface area contributed by atoms with Crippen molar-refractivity contribution in [2.75, 3.05) is 25.0 Å². The summed E-state index contributed by atoms with van der Waals surface area (Å²) in [6.07, 6.45) is 5.17. The van der Waals surface area contributed by atoms with Gasteiger partial charge in [-0.1, -0.05) is 37.3 Å². The van der Waals surface area contributed by atoms with Crippen LogP contribution in [-0.4, -0.2) is 37.1 Å². The van der Waals surface area contributed by atoms with Gasteiger partial charge in [-0.25, -0.2) is 4.98 Å². The van der Waals surface area contributed by atoms with Gasteiger partial charge in [0.1, 0.15) is 5.82 Å². The monoisotopic (exact) mass is 365 g/mol. The van der Waals surface area contributed by atoms with E-state index in [0.29, 0.717) is 6.04 Å². The number of rotatable bonds is 5. The van der Waals surface area contributed by atoms with Crippen molar-refractivity contribution >= 4 is 11.8 Å². The van der Waals surface area contributed by atoms with Crippen molar-refractivity contribution in [2.24, 2.45) is 4.99 Å². The fourth-order valence-electron chi connectivity index (χ4n) is 3.54. The van der Waals surface area contributed by atoms with E-state index in [9.17, 15) is 0 Å². The Morgan fingerprint density at radius 3 is 2.52 bits per heavy atom. The summed E-state index contributed by atoms with van der Waals surface area (Å²) in [5, 5.41) is 7.06. The van der Waals surface area contributed by atoms with Crippen LogP contribution in [-0.2, 0) is 13.0 Å². The molecule has 2 heterocycles. The second-order valence-corrected chi connectivity index (χ2v) is 7.15. The lowest BCUT2D eigenvalue weighted by Gasteiger charge is -2.33. The van der Waals surface area contributed by atoms with E-state index in [1.165, 1.54) is 16.7 Å². The van der Waals surface area contributed by atoms with Crippen LogP contribution in [0.2, 0.25) is 0 Å². The van der Waals surface area contributed by atoms with Gasteiger partial charge >= 0.3 is 0 Å². The van der Waals surface area contributed by atoms with E-state index < -0.39 is 0 Å². The maximum Gasteiger partial charge on any atom is 0.191 e. The minimum atomic E-state index is 0.444. The number of pyridine rings is 1. The minimum Gasteiger partial charge on any atom is -0.356 e. The smallest absolute Gasteiger partial charge is 0.191 e. The normalized spacial score (nSPS) is 15.7. The predicted molar refractivity (Wildman–Crippen MR) is 113 cm³/mol. The zero-order chi connectivity index (χ0) is 19.1. The van der Waals surface area contributed by atoms with E-state index in [0.717, 1.165) is 50.7 Å². The van der Waals surface area contributed by atoms with Crippen LogP contribution in [0.3, 0.4) is 0 Å². The Labute approximate surface area is 162 Å². The first-order valence-electron chi connectivity index (χ1n) is 9.91. The summed E-state index contributed by atoms with van der Waals surface area (Å²) < 4.78 is 0. The fraction of sp³-hybridized carbons (Fsp3) is 0.455. The van der Waals surface area contributed by atoms with Crippen LogP contribution in [0, 0.1) is 6.92 Å². The third kappa shape index (κ3) is 5.22. The van der Waals surface area contributed by atoms with Crippen LogP contribution in [0.25, 0.3) is 0 Å². The molecule has 1 aromatic heterocycles. The molecule has 2 aromatic rings. The number of hydrogen-bond donors (Lipinski definition) is 2. The van der Waals surface area contributed by atoms with Gasteiger partial charge in [0.2, 0.25) is 0 Å². The van der Waals surface area contributed by atoms with E-state index in [1.54, 1.807) is 0 Å². The molecule has 5 heteroatoms. The Morgan fingerprint density at radius 2 is 1.89 bits per heavy atom. The summed E-state index contributed by atoms with van der Waals surface area (Å²) in [7, 11) is 1.84. The van der Waals surface area contributed by atoms with Crippen molar-refractivity contribution in [3.63, 3.8) is 0 Å². The number of benzene rings is 1. The highest BCUT2D eigenvalue weighted by molar-refractivity contribution is 5.80. The Morgan fingerprint density at radius 1 is 1.15 bits per heavy atom. The van der Waals surface area contributed by atoms with Crippen LogP contribution in [0.5, 0.6) is 0 Å². The maximum absolute atomic E-state index is 4.55. The summed E-state index contributed by atoms with van der Waals surface area (Å²) in [5.41, 5.74) is 3.93. The van der Waals surface area contributed by atoms with Gasteiger partial charge in [0.15, 0.2) is 5.96 Å². The molecule has 0 saturated carbocycles. The highest BCUT2D eigenvalue weighted by Gasteiger charge is 2.20. The van der Waals surface area contributed by atoms with Crippen molar-refractivity contribution in [1.29, 1.82) is 0 Å². The molecular weight excluding hydrogens is 334 g/mol. The highest BCUT2D eigenvalue weighted by atomic mass is 15.2. The van der Waals surface area contributed by atoms with Crippen molar-refractivity contribution in [3.05, 3.63) is 59.3 Å². The van der Waals surface area contributed by atoms with Gasteiger partial charge in [-0.3, -0.25) is 4.99 Å². The average Bonchev–Trinajstić information content (AvgIpc) is 2.72. The molecule has 144 valence electrons. The molecule has 1 aliphatic heterocycles. The number of aliphatic imine (C=N–C) groups is 1. The molecule has 0 radical (unpaired) electrons. The van der Waals surface area contributed by atoms with Gasteiger partial charge in [0, 0.05) is 38.9 Å². The van der Waals surface area contributed by atoms with E-state index in [2.05, 4.69) is 75.8 Å². The average molecular weight is 366 g/mol. The molecule has 0 bridgehead atoms. The molecule has 0 amide bonds. The van der Waals surface area contributed by atoms with Crippen LogP contribution in [0.1, 0.15) is 36.5 Å². The lowest BCUT2D eigenvalue weighted by atomic mass is 10.0. The molecule has 0 spiro atoms. The van der Waals surface area contributed by atoms with Gasteiger partial charge in [-0.15, -0.1) is 0 Å². The van der Waals surface area contributed by atoms with Crippen molar-refractivity contribution in [3.8, 4) is 0 Å². The lowest BCUT2D eigenvalue weighted by molar-refractivity contribution is 0.459. The molecule has 5 nitrogen and oxygen atoms in total. The molecule has 3 rings (SSSR count). The van der Waals surface area contributed by atoms with E-state index in [-0.39, 0.29) is 0 Å². The first-order valence-corrected chi connectivity index (χ1v) is 9.91. The van der Waals surface area contributed by atoms with Gasteiger partial charge in [-0.05, 0) is 48.9 Å². The minimum absolute atomic E-state index is 0.444. The van der Waals surface area contributed by atoms with Crippen molar-refractivity contribution < 1.29 is 0 Å². The van der Waals surface area contributed by atoms with Gasteiger partial charge in [0.25, 0.3) is 0 Å². The molecule has 0 unspecified atom stereocenters. The number of piperidine rings is 1. The molecule has 2 N–H and O–H groups in total. The molecule has 1 aliphatic rings. The molecule has 1 aromatic carbocycles. The van der Waals surface area contributed by atoms with Gasteiger partial charge in [0.05, 0.1) is 0 Å². The largest absolute Gasteiger partial charge is 0.356 e. The standard InChI is InChI=1S/C22H31N5/c1-4-18-7-5-6-8-19(18)16-25-22(23-3)26-20-11-13-27(14-12-20)21-10-9-17(2)15-24-21/h5-10,15,20H,4,11-14,16H2,1-3H3,(H2,23,25,26).